The van der Waals surface area contributed by atoms with Crippen molar-refractivity contribution in [2.75, 3.05) is 33.2 Å². The van der Waals surface area contributed by atoms with Gasteiger partial charge in [-0.3, -0.25) is 4.79 Å². The highest BCUT2D eigenvalue weighted by atomic mass is 16.4. The first kappa shape index (κ1) is 12.8. The van der Waals surface area contributed by atoms with Gasteiger partial charge in [-0.2, -0.15) is 0 Å². The second-order valence-corrected chi connectivity index (χ2v) is 5.84. The third-order valence-corrected chi connectivity index (χ3v) is 4.38. The zero-order valence-corrected chi connectivity index (χ0v) is 10.7. The standard InChI is InChI=1S/C13H24N2O2/c1-15-7-2-4-11(9-15)8-14-10-13(12(16)17)5-3-6-13/h11,14H,2-10H2,1H3,(H,16,17). The van der Waals surface area contributed by atoms with E-state index in [1.807, 2.05) is 0 Å². The normalized spacial score (nSPS) is 28.6. The monoisotopic (exact) mass is 240 g/mol. The minimum absolute atomic E-state index is 0.444. The summed E-state index contributed by atoms with van der Waals surface area (Å²) >= 11 is 0. The van der Waals surface area contributed by atoms with Crippen LogP contribution in [-0.2, 0) is 4.79 Å². The van der Waals surface area contributed by atoms with Crippen molar-refractivity contribution >= 4 is 5.97 Å². The van der Waals surface area contributed by atoms with E-state index >= 15 is 0 Å². The van der Waals surface area contributed by atoms with Gasteiger partial charge in [0.1, 0.15) is 0 Å². The second kappa shape index (κ2) is 5.36. The molecular formula is C13H24N2O2. The summed E-state index contributed by atoms with van der Waals surface area (Å²) in [5.41, 5.74) is -0.444. The molecule has 1 unspecified atom stereocenters. The summed E-state index contributed by atoms with van der Waals surface area (Å²) in [4.78, 5) is 13.6. The molecule has 2 aliphatic rings. The molecule has 4 heteroatoms. The Labute approximate surface area is 103 Å². The van der Waals surface area contributed by atoms with Crippen LogP contribution in [0, 0.1) is 11.3 Å². The van der Waals surface area contributed by atoms with Crippen LogP contribution in [0.4, 0.5) is 0 Å². The number of carboxylic acid groups (broad SMARTS) is 1. The van der Waals surface area contributed by atoms with Crippen LogP contribution < -0.4 is 5.32 Å². The smallest absolute Gasteiger partial charge is 0.310 e. The molecule has 1 saturated heterocycles. The molecule has 0 radical (unpaired) electrons. The molecule has 2 N–H and O–H groups in total. The highest BCUT2D eigenvalue weighted by Gasteiger charge is 2.43. The fourth-order valence-electron chi connectivity index (χ4n) is 3.03. The molecule has 1 aliphatic heterocycles. The topological polar surface area (TPSA) is 52.6 Å². The van der Waals surface area contributed by atoms with Crippen molar-refractivity contribution in [2.24, 2.45) is 11.3 Å². The molecule has 2 rings (SSSR count). The van der Waals surface area contributed by atoms with Gasteiger partial charge in [0.2, 0.25) is 0 Å². The van der Waals surface area contributed by atoms with Crippen LogP contribution in [0.1, 0.15) is 32.1 Å². The van der Waals surface area contributed by atoms with E-state index in [2.05, 4.69) is 17.3 Å². The molecule has 1 atom stereocenters. The van der Waals surface area contributed by atoms with E-state index in [0.29, 0.717) is 12.5 Å². The minimum Gasteiger partial charge on any atom is -0.481 e. The number of nitrogens with zero attached hydrogens (tertiary/aromatic N) is 1. The van der Waals surface area contributed by atoms with Crippen molar-refractivity contribution in [3.63, 3.8) is 0 Å². The number of carboxylic acids is 1. The molecule has 0 aromatic carbocycles. The Hall–Kier alpha value is -0.610. The van der Waals surface area contributed by atoms with Crippen molar-refractivity contribution in [1.29, 1.82) is 0 Å². The molecule has 17 heavy (non-hydrogen) atoms. The van der Waals surface area contributed by atoms with Gasteiger partial charge in [0, 0.05) is 13.1 Å². The molecule has 2 fully saturated rings. The summed E-state index contributed by atoms with van der Waals surface area (Å²) in [5.74, 6) is 0.0803. The van der Waals surface area contributed by atoms with Gasteiger partial charge in [-0.05, 0) is 51.7 Å². The average Bonchev–Trinajstić information content (AvgIpc) is 2.21. The van der Waals surface area contributed by atoms with E-state index in [0.717, 1.165) is 32.4 Å². The first-order valence-electron chi connectivity index (χ1n) is 6.75. The van der Waals surface area contributed by atoms with Gasteiger partial charge in [-0.15, -0.1) is 0 Å². The number of piperidine rings is 1. The lowest BCUT2D eigenvalue weighted by molar-refractivity contribution is -0.154. The van der Waals surface area contributed by atoms with Gasteiger partial charge in [-0.1, -0.05) is 6.42 Å². The maximum Gasteiger partial charge on any atom is 0.310 e. The maximum atomic E-state index is 11.2. The van der Waals surface area contributed by atoms with Gasteiger partial charge in [0.25, 0.3) is 0 Å². The summed E-state index contributed by atoms with van der Waals surface area (Å²) in [6.45, 7) is 3.98. The Balaban J connectivity index is 1.70. The zero-order valence-electron chi connectivity index (χ0n) is 10.7. The van der Waals surface area contributed by atoms with Gasteiger partial charge < -0.3 is 15.3 Å². The van der Waals surface area contributed by atoms with E-state index in [1.54, 1.807) is 0 Å². The molecule has 1 saturated carbocycles. The largest absolute Gasteiger partial charge is 0.481 e. The first-order chi connectivity index (χ1) is 8.12. The summed E-state index contributed by atoms with van der Waals surface area (Å²) in [6, 6.07) is 0. The number of aliphatic carboxylic acids is 1. The van der Waals surface area contributed by atoms with E-state index < -0.39 is 11.4 Å². The molecule has 4 nitrogen and oxygen atoms in total. The fraction of sp³-hybridized carbons (Fsp3) is 0.923. The highest BCUT2D eigenvalue weighted by Crippen LogP contribution is 2.40. The summed E-state index contributed by atoms with van der Waals surface area (Å²) in [5, 5.41) is 12.6. The predicted molar refractivity (Wildman–Crippen MR) is 67.0 cm³/mol. The molecular weight excluding hydrogens is 216 g/mol. The number of hydrogen-bond donors (Lipinski definition) is 2. The highest BCUT2D eigenvalue weighted by molar-refractivity contribution is 5.76. The van der Waals surface area contributed by atoms with Gasteiger partial charge in [0.05, 0.1) is 5.41 Å². The van der Waals surface area contributed by atoms with E-state index in [9.17, 15) is 9.90 Å². The fourth-order valence-corrected chi connectivity index (χ4v) is 3.03. The number of hydrogen-bond acceptors (Lipinski definition) is 3. The Morgan fingerprint density at radius 2 is 2.24 bits per heavy atom. The SMILES string of the molecule is CN1CCCC(CNCC2(C(=O)O)CCC2)C1. The van der Waals surface area contributed by atoms with Crippen molar-refractivity contribution in [1.82, 2.24) is 10.2 Å². The number of carbonyl (C=O) groups is 1. The van der Waals surface area contributed by atoms with E-state index in [-0.39, 0.29) is 0 Å². The van der Waals surface area contributed by atoms with Crippen LogP contribution in [0.2, 0.25) is 0 Å². The molecule has 0 spiro atoms. The number of likely N-dealkylation sites (tertiary alicyclic amines) is 1. The molecule has 0 amide bonds. The molecule has 0 aromatic heterocycles. The summed E-state index contributed by atoms with van der Waals surface area (Å²) in [7, 11) is 2.16. The first-order valence-corrected chi connectivity index (χ1v) is 6.75. The molecule has 98 valence electrons. The maximum absolute atomic E-state index is 11.2. The number of rotatable bonds is 5. The second-order valence-electron chi connectivity index (χ2n) is 5.84. The third-order valence-electron chi connectivity index (χ3n) is 4.38. The summed E-state index contributed by atoms with van der Waals surface area (Å²) in [6.07, 6.45) is 5.31. The van der Waals surface area contributed by atoms with Crippen LogP contribution in [-0.4, -0.2) is 49.2 Å². The molecule has 1 aliphatic carbocycles. The van der Waals surface area contributed by atoms with Crippen molar-refractivity contribution < 1.29 is 9.90 Å². The molecule has 0 bridgehead atoms. The van der Waals surface area contributed by atoms with E-state index in [4.69, 9.17) is 0 Å². The van der Waals surface area contributed by atoms with Gasteiger partial charge in [0.15, 0.2) is 0 Å². The van der Waals surface area contributed by atoms with Crippen molar-refractivity contribution in [3.8, 4) is 0 Å². The van der Waals surface area contributed by atoms with Gasteiger partial charge in [-0.25, -0.2) is 0 Å². The van der Waals surface area contributed by atoms with Crippen LogP contribution in [0.25, 0.3) is 0 Å². The number of nitrogens with one attached hydrogen (secondary N) is 1. The zero-order chi connectivity index (χ0) is 12.3. The lowest BCUT2D eigenvalue weighted by atomic mass is 9.69. The van der Waals surface area contributed by atoms with Gasteiger partial charge >= 0.3 is 5.97 Å². The lowest BCUT2D eigenvalue weighted by Gasteiger charge is -2.38. The van der Waals surface area contributed by atoms with E-state index in [1.165, 1.54) is 19.4 Å². The molecule has 1 heterocycles. The van der Waals surface area contributed by atoms with Crippen LogP contribution >= 0.6 is 0 Å². The Bertz CT molecular complexity index is 277. The Morgan fingerprint density at radius 3 is 2.76 bits per heavy atom. The Morgan fingerprint density at radius 1 is 1.47 bits per heavy atom. The minimum atomic E-state index is -0.614. The van der Waals surface area contributed by atoms with Crippen LogP contribution in [0.5, 0.6) is 0 Å². The average molecular weight is 240 g/mol. The quantitative estimate of drug-likeness (QED) is 0.757. The van der Waals surface area contributed by atoms with Crippen molar-refractivity contribution in [2.45, 2.75) is 32.1 Å². The predicted octanol–water partition coefficient (Wildman–Crippen LogP) is 1.17. The lowest BCUT2D eigenvalue weighted by Crippen LogP contribution is -2.48. The third kappa shape index (κ3) is 2.99. The molecule has 0 aromatic rings. The van der Waals surface area contributed by atoms with Crippen LogP contribution in [0.3, 0.4) is 0 Å². The summed E-state index contributed by atoms with van der Waals surface area (Å²) < 4.78 is 0. The van der Waals surface area contributed by atoms with Crippen LogP contribution in [0.15, 0.2) is 0 Å². The van der Waals surface area contributed by atoms with Crippen molar-refractivity contribution in [3.05, 3.63) is 0 Å². The Kier molecular flexibility index (Phi) is 4.05.